The van der Waals surface area contributed by atoms with Crippen LogP contribution in [0.4, 0.5) is 0 Å². The van der Waals surface area contributed by atoms with E-state index in [0.717, 1.165) is 57.2 Å². The SMILES string of the molecule is CCCCCCCCCCCCC(O)CN(CCCCC(=O)O)CC(CCCCCCCCCCCC)C1CC1. The molecule has 0 aliphatic heterocycles. The first-order valence-electron chi connectivity index (χ1n) is 18.2. The van der Waals surface area contributed by atoms with Gasteiger partial charge in [-0.1, -0.05) is 142 Å². The predicted molar refractivity (Wildman–Crippen MR) is 173 cm³/mol. The van der Waals surface area contributed by atoms with Crippen molar-refractivity contribution in [3.8, 4) is 0 Å². The molecule has 1 aliphatic rings. The average molecular weight is 566 g/mol. The summed E-state index contributed by atoms with van der Waals surface area (Å²) in [7, 11) is 0. The van der Waals surface area contributed by atoms with Crippen LogP contribution in [0.15, 0.2) is 0 Å². The number of aliphatic hydroxyl groups excluding tert-OH is 1. The molecule has 1 fully saturated rings. The van der Waals surface area contributed by atoms with Gasteiger partial charge in [-0.15, -0.1) is 0 Å². The van der Waals surface area contributed by atoms with Crippen LogP contribution in [0, 0.1) is 11.8 Å². The molecule has 0 spiro atoms. The zero-order valence-electron chi connectivity index (χ0n) is 27.2. The van der Waals surface area contributed by atoms with Gasteiger partial charge in [0.05, 0.1) is 6.10 Å². The van der Waals surface area contributed by atoms with E-state index in [1.807, 2.05) is 0 Å². The van der Waals surface area contributed by atoms with Gasteiger partial charge in [-0.25, -0.2) is 0 Å². The molecule has 0 aromatic carbocycles. The topological polar surface area (TPSA) is 60.8 Å². The first-order chi connectivity index (χ1) is 19.6. The van der Waals surface area contributed by atoms with Gasteiger partial charge in [0.25, 0.3) is 0 Å². The second-order valence-corrected chi connectivity index (χ2v) is 13.3. The summed E-state index contributed by atoms with van der Waals surface area (Å²) in [6, 6.07) is 0. The Kier molecular flexibility index (Phi) is 25.5. The summed E-state index contributed by atoms with van der Waals surface area (Å²) < 4.78 is 0. The average Bonchev–Trinajstić information content (AvgIpc) is 3.78. The van der Waals surface area contributed by atoms with Crippen molar-refractivity contribution in [2.24, 2.45) is 11.8 Å². The molecule has 1 rings (SSSR count). The summed E-state index contributed by atoms with van der Waals surface area (Å²) in [5, 5.41) is 19.9. The van der Waals surface area contributed by atoms with Crippen molar-refractivity contribution in [2.45, 2.75) is 193 Å². The van der Waals surface area contributed by atoms with E-state index in [0.29, 0.717) is 0 Å². The van der Waals surface area contributed by atoms with Crippen LogP contribution in [0.3, 0.4) is 0 Å². The second-order valence-electron chi connectivity index (χ2n) is 13.3. The molecule has 0 saturated heterocycles. The van der Waals surface area contributed by atoms with Gasteiger partial charge in [-0.3, -0.25) is 4.79 Å². The lowest BCUT2D eigenvalue weighted by molar-refractivity contribution is -0.137. The molecule has 4 nitrogen and oxygen atoms in total. The molecular formula is C36H71NO3. The van der Waals surface area contributed by atoms with E-state index in [2.05, 4.69) is 18.7 Å². The molecule has 4 heteroatoms. The quantitative estimate of drug-likeness (QED) is 0.0796. The summed E-state index contributed by atoms with van der Waals surface area (Å²) in [5.41, 5.74) is 0. The molecule has 0 aromatic heterocycles. The summed E-state index contributed by atoms with van der Waals surface area (Å²) in [4.78, 5) is 13.5. The number of rotatable bonds is 32. The minimum atomic E-state index is -0.690. The summed E-state index contributed by atoms with van der Waals surface area (Å²) in [5.74, 6) is 0.960. The van der Waals surface area contributed by atoms with Gasteiger partial charge < -0.3 is 15.1 Å². The second kappa shape index (κ2) is 27.2. The molecule has 1 saturated carbocycles. The highest BCUT2D eigenvalue weighted by atomic mass is 16.4. The zero-order valence-corrected chi connectivity index (χ0v) is 27.2. The lowest BCUT2D eigenvalue weighted by Gasteiger charge is -2.29. The van der Waals surface area contributed by atoms with E-state index in [4.69, 9.17) is 5.11 Å². The molecular weight excluding hydrogens is 494 g/mol. The van der Waals surface area contributed by atoms with Crippen LogP contribution in [-0.2, 0) is 4.79 Å². The highest BCUT2D eigenvalue weighted by Crippen LogP contribution is 2.40. The monoisotopic (exact) mass is 566 g/mol. The normalized spacial score (nSPS) is 15.1. The Morgan fingerprint density at radius 1 is 0.625 bits per heavy atom. The number of carbonyl (C=O) groups is 1. The number of unbranched alkanes of at least 4 members (excludes halogenated alkanes) is 19. The molecule has 2 unspecified atom stereocenters. The van der Waals surface area contributed by atoms with Crippen LogP contribution < -0.4 is 0 Å². The molecule has 0 amide bonds. The Morgan fingerprint density at radius 3 is 1.52 bits per heavy atom. The Labute approximate surface area is 250 Å². The highest BCUT2D eigenvalue weighted by Gasteiger charge is 2.32. The molecule has 0 aromatic rings. The molecule has 40 heavy (non-hydrogen) atoms. The van der Waals surface area contributed by atoms with Crippen LogP contribution in [0.2, 0.25) is 0 Å². The maximum absolute atomic E-state index is 11.0. The van der Waals surface area contributed by atoms with Crippen molar-refractivity contribution in [1.82, 2.24) is 4.90 Å². The van der Waals surface area contributed by atoms with Crippen LogP contribution in [0.1, 0.15) is 187 Å². The number of aliphatic hydroxyl groups is 1. The predicted octanol–water partition coefficient (Wildman–Crippen LogP) is 10.6. The minimum absolute atomic E-state index is 0.245. The fraction of sp³-hybridized carbons (Fsp3) is 0.972. The van der Waals surface area contributed by atoms with Crippen molar-refractivity contribution >= 4 is 5.97 Å². The molecule has 2 N–H and O–H groups in total. The molecule has 2 atom stereocenters. The number of carboxylic acids is 1. The number of hydrogen-bond acceptors (Lipinski definition) is 3. The number of nitrogens with zero attached hydrogens (tertiary/aromatic N) is 1. The molecule has 0 heterocycles. The number of hydrogen-bond donors (Lipinski definition) is 2. The Bertz CT molecular complexity index is 550. The van der Waals surface area contributed by atoms with Crippen LogP contribution in [0.5, 0.6) is 0 Å². The summed E-state index contributed by atoms with van der Waals surface area (Å²) >= 11 is 0. The van der Waals surface area contributed by atoms with Gasteiger partial charge in [0, 0.05) is 19.5 Å². The fourth-order valence-electron chi connectivity index (χ4n) is 6.39. The van der Waals surface area contributed by atoms with Crippen LogP contribution in [0.25, 0.3) is 0 Å². The Balaban J connectivity index is 2.29. The third-order valence-electron chi connectivity index (χ3n) is 9.18. The third-order valence-corrected chi connectivity index (χ3v) is 9.18. The van der Waals surface area contributed by atoms with Gasteiger partial charge >= 0.3 is 5.97 Å². The van der Waals surface area contributed by atoms with E-state index in [1.54, 1.807) is 0 Å². The Morgan fingerprint density at radius 2 is 1.07 bits per heavy atom. The lowest BCUT2D eigenvalue weighted by atomic mass is 9.94. The van der Waals surface area contributed by atoms with E-state index >= 15 is 0 Å². The minimum Gasteiger partial charge on any atom is -0.481 e. The zero-order chi connectivity index (χ0) is 29.1. The highest BCUT2D eigenvalue weighted by molar-refractivity contribution is 5.66. The third kappa shape index (κ3) is 24.0. The molecule has 1 aliphatic carbocycles. The number of aliphatic carboxylic acids is 1. The summed E-state index contributed by atoms with van der Waals surface area (Å²) in [6.45, 7) is 7.37. The van der Waals surface area contributed by atoms with Gasteiger partial charge in [0.1, 0.15) is 0 Å². The lowest BCUT2D eigenvalue weighted by Crippen LogP contribution is -2.37. The first-order valence-corrected chi connectivity index (χ1v) is 18.2. The van der Waals surface area contributed by atoms with Gasteiger partial charge in [-0.2, -0.15) is 0 Å². The van der Waals surface area contributed by atoms with Crippen molar-refractivity contribution < 1.29 is 15.0 Å². The van der Waals surface area contributed by atoms with Crippen molar-refractivity contribution in [3.05, 3.63) is 0 Å². The Hall–Kier alpha value is -0.610. The van der Waals surface area contributed by atoms with E-state index < -0.39 is 5.97 Å². The standard InChI is InChI=1S/C36H71NO3/c1-3-5-7-9-11-13-15-17-19-21-25-34(33-28-29-33)31-37(30-24-23-27-36(39)40)32-35(38)26-22-20-18-16-14-12-10-8-6-4-2/h33-35,38H,3-32H2,1-2H3,(H,39,40). The maximum atomic E-state index is 11.0. The van der Waals surface area contributed by atoms with Crippen LogP contribution >= 0.6 is 0 Å². The number of carboxylic acid groups (broad SMARTS) is 1. The van der Waals surface area contributed by atoms with Gasteiger partial charge in [0.2, 0.25) is 0 Å². The van der Waals surface area contributed by atoms with E-state index in [-0.39, 0.29) is 12.5 Å². The van der Waals surface area contributed by atoms with Gasteiger partial charge in [-0.05, 0) is 56.9 Å². The van der Waals surface area contributed by atoms with Crippen molar-refractivity contribution in [1.29, 1.82) is 0 Å². The fourth-order valence-corrected chi connectivity index (χ4v) is 6.39. The molecule has 0 radical (unpaired) electrons. The van der Waals surface area contributed by atoms with Crippen molar-refractivity contribution in [2.75, 3.05) is 19.6 Å². The smallest absolute Gasteiger partial charge is 0.303 e. The molecule has 0 bridgehead atoms. The largest absolute Gasteiger partial charge is 0.481 e. The van der Waals surface area contributed by atoms with Crippen LogP contribution in [-0.4, -0.2) is 46.8 Å². The molecule has 238 valence electrons. The summed E-state index contributed by atoms with van der Waals surface area (Å²) in [6.07, 6.45) is 33.9. The van der Waals surface area contributed by atoms with E-state index in [9.17, 15) is 9.90 Å². The van der Waals surface area contributed by atoms with Crippen molar-refractivity contribution in [3.63, 3.8) is 0 Å². The first kappa shape index (κ1) is 37.4. The maximum Gasteiger partial charge on any atom is 0.303 e. The van der Waals surface area contributed by atoms with Gasteiger partial charge in [0.15, 0.2) is 0 Å². The van der Waals surface area contributed by atoms with E-state index in [1.165, 1.54) is 141 Å².